The highest BCUT2D eigenvalue weighted by Gasteiger charge is 2.16. The maximum atomic E-state index is 11.5. The second-order valence-electron chi connectivity index (χ2n) is 3.96. The number of benzene rings is 1. The van der Waals surface area contributed by atoms with Crippen molar-refractivity contribution in [3.8, 4) is 0 Å². The molecule has 0 saturated carbocycles. The van der Waals surface area contributed by atoms with Crippen LogP contribution in [0.5, 0.6) is 0 Å². The molecule has 96 valence electrons. The fourth-order valence-electron chi connectivity index (χ4n) is 1.62. The lowest BCUT2D eigenvalue weighted by molar-refractivity contribution is 0.601. The predicted octanol–water partition coefficient (Wildman–Crippen LogP) is 2.96. The molecule has 0 bridgehead atoms. The molecule has 1 aromatic carbocycles. The molecule has 0 radical (unpaired) electrons. The molecule has 0 fully saturated rings. The van der Waals surface area contributed by atoms with E-state index in [2.05, 4.69) is 15.9 Å². The molecule has 3 nitrogen and oxygen atoms in total. The molecule has 0 aliphatic rings. The summed E-state index contributed by atoms with van der Waals surface area (Å²) in [5, 5.41) is 1.94. The van der Waals surface area contributed by atoms with Gasteiger partial charge in [0, 0.05) is 15.6 Å². The Labute approximate surface area is 119 Å². The SMILES string of the molecule is CS(=O)(=O)c1cccc(C(N)c2sccc2Br)c1. The monoisotopic (exact) mass is 345 g/mol. The Bertz CT molecular complexity index is 664. The normalized spacial score (nSPS) is 13.5. The lowest BCUT2D eigenvalue weighted by atomic mass is 10.1. The smallest absolute Gasteiger partial charge is 0.175 e. The predicted molar refractivity (Wildman–Crippen MR) is 77.6 cm³/mol. The molecule has 2 aromatic rings. The molecular formula is C12H12BrNO2S2. The van der Waals surface area contributed by atoms with Crippen molar-refractivity contribution >= 4 is 37.1 Å². The van der Waals surface area contributed by atoms with Crippen molar-refractivity contribution in [2.45, 2.75) is 10.9 Å². The Morgan fingerprint density at radius 3 is 2.61 bits per heavy atom. The zero-order chi connectivity index (χ0) is 13.3. The highest BCUT2D eigenvalue weighted by Crippen LogP contribution is 2.32. The fraction of sp³-hybridized carbons (Fsp3) is 0.167. The van der Waals surface area contributed by atoms with Crippen LogP contribution < -0.4 is 5.73 Å². The van der Waals surface area contributed by atoms with E-state index in [4.69, 9.17) is 5.73 Å². The highest BCUT2D eigenvalue weighted by molar-refractivity contribution is 9.10. The van der Waals surface area contributed by atoms with Gasteiger partial charge in [-0.25, -0.2) is 8.42 Å². The van der Waals surface area contributed by atoms with Crippen LogP contribution in [-0.4, -0.2) is 14.7 Å². The van der Waals surface area contributed by atoms with Gasteiger partial charge in [-0.15, -0.1) is 11.3 Å². The van der Waals surface area contributed by atoms with Crippen molar-refractivity contribution in [2.24, 2.45) is 5.73 Å². The average Bonchev–Trinajstić information content (AvgIpc) is 2.73. The molecule has 0 aliphatic carbocycles. The van der Waals surface area contributed by atoms with Crippen LogP contribution >= 0.6 is 27.3 Å². The molecule has 1 atom stereocenters. The van der Waals surface area contributed by atoms with E-state index in [1.165, 1.54) is 6.26 Å². The second kappa shape index (κ2) is 5.13. The molecular weight excluding hydrogens is 334 g/mol. The van der Waals surface area contributed by atoms with Gasteiger partial charge >= 0.3 is 0 Å². The van der Waals surface area contributed by atoms with Crippen LogP contribution in [0.25, 0.3) is 0 Å². The first-order valence-electron chi connectivity index (χ1n) is 5.18. The molecule has 1 unspecified atom stereocenters. The summed E-state index contributed by atoms with van der Waals surface area (Å²) in [6, 6.07) is 8.38. The summed E-state index contributed by atoms with van der Waals surface area (Å²) in [6.07, 6.45) is 1.19. The van der Waals surface area contributed by atoms with E-state index >= 15 is 0 Å². The van der Waals surface area contributed by atoms with Crippen LogP contribution in [0.1, 0.15) is 16.5 Å². The van der Waals surface area contributed by atoms with Crippen LogP contribution in [0.3, 0.4) is 0 Å². The molecule has 0 amide bonds. The van der Waals surface area contributed by atoms with Crippen molar-refractivity contribution in [3.63, 3.8) is 0 Å². The van der Waals surface area contributed by atoms with Gasteiger partial charge in [-0.2, -0.15) is 0 Å². The summed E-state index contributed by atoms with van der Waals surface area (Å²) in [5.41, 5.74) is 6.95. The van der Waals surface area contributed by atoms with Crippen LogP contribution in [0.2, 0.25) is 0 Å². The first-order chi connectivity index (χ1) is 8.39. The van der Waals surface area contributed by atoms with E-state index in [1.54, 1.807) is 29.5 Å². The van der Waals surface area contributed by atoms with Gasteiger partial charge in [-0.1, -0.05) is 12.1 Å². The number of sulfone groups is 1. The third-order valence-corrected chi connectivity index (χ3v) is 5.64. The Kier molecular flexibility index (Phi) is 3.91. The van der Waals surface area contributed by atoms with Crippen LogP contribution in [0, 0.1) is 0 Å². The van der Waals surface area contributed by atoms with Crippen molar-refractivity contribution in [3.05, 3.63) is 50.6 Å². The molecule has 0 aliphatic heterocycles. The van der Waals surface area contributed by atoms with Gasteiger partial charge in [-0.05, 0) is 45.1 Å². The minimum absolute atomic E-state index is 0.295. The number of hydrogen-bond acceptors (Lipinski definition) is 4. The summed E-state index contributed by atoms with van der Waals surface area (Å²) in [5.74, 6) is 0. The average molecular weight is 346 g/mol. The Hall–Kier alpha value is -0.690. The third kappa shape index (κ3) is 2.83. The van der Waals surface area contributed by atoms with Gasteiger partial charge in [0.25, 0.3) is 0 Å². The highest BCUT2D eigenvalue weighted by atomic mass is 79.9. The van der Waals surface area contributed by atoms with E-state index in [9.17, 15) is 8.42 Å². The van der Waals surface area contributed by atoms with Gasteiger partial charge < -0.3 is 5.73 Å². The minimum Gasteiger partial charge on any atom is -0.320 e. The Balaban J connectivity index is 2.44. The largest absolute Gasteiger partial charge is 0.320 e. The lowest BCUT2D eigenvalue weighted by Crippen LogP contribution is -2.11. The molecule has 2 N–H and O–H groups in total. The van der Waals surface area contributed by atoms with E-state index in [0.29, 0.717) is 4.90 Å². The topological polar surface area (TPSA) is 60.2 Å². The zero-order valence-electron chi connectivity index (χ0n) is 9.63. The quantitative estimate of drug-likeness (QED) is 0.930. The summed E-state index contributed by atoms with van der Waals surface area (Å²) in [7, 11) is -3.20. The van der Waals surface area contributed by atoms with Crippen molar-refractivity contribution in [2.75, 3.05) is 6.26 Å². The first kappa shape index (κ1) is 13.7. The number of nitrogens with two attached hydrogens (primary N) is 1. The summed E-state index contributed by atoms with van der Waals surface area (Å²) < 4.78 is 24.0. The second-order valence-corrected chi connectivity index (χ2v) is 7.77. The van der Waals surface area contributed by atoms with Crippen molar-refractivity contribution in [1.29, 1.82) is 0 Å². The van der Waals surface area contributed by atoms with Crippen LogP contribution in [-0.2, 0) is 9.84 Å². The van der Waals surface area contributed by atoms with Gasteiger partial charge in [-0.3, -0.25) is 0 Å². The first-order valence-corrected chi connectivity index (χ1v) is 8.74. The lowest BCUT2D eigenvalue weighted by Gasteiger charge is -2.12. The van der Waals surface area contributed by atoms with Crippen LogP contribution in [0.4, 0.5) is 0 Å². The number of hydrogen-bond donors (Lipinski definition) is 1. The molecule has 2 rings (SSSR count). The van der Waals surface area contributed by atoms with E-state index < -0.39 is 9.84 Å². The summed E-state index contributed by atoms with van der Waals surface area (Å²) in [4.78, 5) is 1.28. The number of halogens is 1. The van der Waals surface area contributed by atoms with Gasteiger partial charge in [0.05, 0.1) is 10.9 Å². The van der Waals surface area contributed by atoms with Crippen LogP contribution in [0.15, 0.2) is 45.1 Å². The zero-order valence-corrected chi connectivity index (χ0v) is 12.8. The Morgan fingerprint density at radius 2 is 2.06 bits per heavy atom. The molecule has 0 saturated heterocycles. The number of rotatable bonds is 3. The molecule has 6 heteroatoms. The van der Waals surface area contributed by atoms with Crippen molar-refractivity contribution in [1.82, 2.24) is 0 Å². The van der Waals surface area contributed by atoms with Gasteiger partial charge in [0.15, 0.2) is 9.84 Å². The third-order valence-electron chi connectivity index (χ3n) is 2.57. The minimum atomic E-state index is -3.20. The molecule has 0 spiro atoms. The molecule has 1 aromatic heterocycles. The van der Waals surface area contributed by atoms with Crippen molar-refractivity contribution < 1.29 is 8.42 Å². The number of thiophene rings is 1. The standard InChI is InChI=1S/C12H12BrNO2S2/c1-18(15,16)9-4-2-3-8(7-9)11(14)12-10(13)5-6-17-12/h2-7,11H,14H2,1H3. The molecule has 18 heavy (non-hydrogen) atoms. The fourth-order valence-corrected chi connectivity index (χ4v) is 3.94. The van der Waals surface area contributed by atoms with Gasteiger partial charge in [0.1, 0.15) is 0 Å². The summed E-state index contributed by atoms with van der Waals surface area (Å²) >= 11 is 4.98. The van der Waals surface area contributed by atoms with E-state index in [-0.39, 0.29) is 6.04 Å². The van der Waals surface area contributed by atoms with E-state index in [1.807, 2.05) is 17.5 Å². The Morgan fingerprint density at radius 1 is 1.33 bits per heavy atom. The van der Waals surface area contributed by atoms with E-state index in [0.717, 1.165) is 14.9 Å². The van der Waals surface area contributed by atoms with Gasteiger partial charge in [0.2, 0.25) is 0 Å². The maximum absolute atomic E-state index is 11.5. The molecule has 1 heterocycles. The summed E-state index contributed by atoms with van der Waals surface area (Å²) in [6.45, 7) is 0. The maximum Gasteiger partial charge on any atom is 0.175 e.